The highest BCUT2D eigenvalue weighted by Gasteiger charge is 1.96. The third-order valence-electron chi connectivity index (χ3n) is 2.96. The van der Waals surface area contributed by atoms with Crippen molar-refractivity contribution in [1.29, 1.82) is 0 Å². The van der Waals surface area contributed by atoms with Gasteiger partial charge in [-0.2, -0.15) is 0 Å². The summed E-state index contributed by atoms with van der Waals surface area (Å²) in [4.78, 5) is 0. The monoisotopic (exact) mass is 244 g/mol. The third-order valence-corrected chi connectivity index (χ3v) is 3.22. The minimum atomic E-state index is 0.812. The van der Waals surface area contributed by atoms with Crippen LogP contribution in [0.15, 0.2) is 48.5 Å². The molecule has 0 fully saturated rings. The van der Waals surface area contributed by atoms with Crippen LogP contribution >= 0.6 is 11.6 Å². The number of aryl methyl sites for hydroxylation is 3. The topological polar surface area (TPSA) is 0 Å². The van der Waals surface area contributed by atoms with Gasteiger partial charge in [-0.15, -0.1) is 0 Å². The van der Waals surface area contributed by atoms with Crippen LogP contribution < -0.4 is 0 Å². The second kappa shape index (κ2) is 5.88. The number of hydrogen-bond donors (Lipinski definition) is 0. The Labute approximate surface area is 108 Å². The standard InChI is InChI=1S/C16H17Cl/c1-13-5-7-14(8-6-13)3-2-4-15-9-11-16(17)12-10-15/h5-12H,2-4H2,1H3. The van der Waals surface area contributed by atoms with Gasteiger partial charge in [-0.1, -0.05) is 53.6 Å². The molecule has 0 aromatic heterocycles. The summed E-state index contributed by atoms with van der Waals surface area (Å²) in [6, 6.07) is 16.9. The van der Waals surface area contributed by atoms with E-state index in [0.29, 0.717) is 0 Å². The first-order valence-corrected chi connectivity index (χ1v) is 6.42. The van der Waals surface area contributed by atoms with E-state index >= 15 is 0 Å². The molecule has 0 aliphatic carbocycles. The minimum absolute atomic E-state index is 0.812. The van der Waals surface area contributed by atoms with Crippen molar-refractivity contribution >= 4 is 11.6 Å². The quantitative estimate of drug-likeness (QED) is 0.723. The molecule has 0 heterocycles. The van der Waals surface area contributed by atoms with Gasteiger partial charge in [0.15, 0.2) is 0 Å². The molecule has 0 amide bonds. The zero-order valence-corrected chi connectivity index (χ0v) is 10.9. The summed E-state index contributed by atoms with van der Waals surface area (Å²) in [5.74, 6) is 0. The first-order valence-electron chi connectivity index (χ1n) is 6.04. The SMILES string of the molecule is Cc1ccc(CCCc2ccc(Cl)cc2)cc1. The number of halogens is 1. The van der Waals surface area contributed by atoms with Crippen molar-refractivity contribution < 1.29 is 0 Å². The summed E-state index contributed by atoms with van der Waals surface area (Å²) in [5.41, 5.74) is 4.11. The van der Waals surface area contributed by atoms with Crippen LogP contribution in [-0.2, 0) is 12.8 Å². The van der Waals surface area contributed by atoms with Gasteiger partial charge < -0.3 is 0 Å². The lowest BCUT2D eigenvalue weighted by Gasteiger charge is -2.03. The van der Waals surface area contributed by atoms with Crippen LogP contribution in [-0.4, -0.2) is 0 Å². The van der Waals surface area contributed by atoms with Crippen molar-refractivity contribution in [2.24, 2.45) is 0 Å². The highest BCUT2D eigenvalue weighted by Crippen LogP contribution is 2.13. The molecule has 0 radical (unpaired) electrons. The fourth-order valence-corrected chi connectivity index (χ4v) is 2.03. The summed E-state index contributed by atoms with van der Waals surface area (Å²) < 4.78 is 0. The molecule has 0 aliphatic heterocycles. The van der Waals surface area contributed by atoms with E-state index in [4.69, 9.17) is 11.6 Å². The zero-order chi connectivity index (χ0) is 12.1. The Morgan fingerprint density at radius 2 is 1.24 bits per heavy atom. The molecule has 0 saturated carbocycles. The van der Waals surface area contributed by atoms with Crippen LogP contribution in [0, 0.1) is 6.92 Å². The van der Waals surface area contributed by atoms with E-state index < -0.39 is 0 Å². The predicted octanol–water partition coefficient (Wildman–Crippen LogP) is 4.82. The molecule has 0 N–H and O–H groups in total. The lowest BCUT2D eigenvalue weighted by atomic mass is 10.0. The summed E-state index contributed by atoms with van der Waals surface area (Å²) in [5, 5.41) is 0.812. The molecule has 0 nitrogen and oxygen atoms in total. The average molecular weight is 245 g/mol. The molecule has 2 aromatic carbocycles. The minimum Gasteiger partial charge on any atom is -0.0843 e. The van der Waals surface area contributed by atoms with Crippen LogP contribution in [0.4, 0.5) is 0 Å². The maximum atomic E-state index is 5.86. The largest absolute Gasteiger partial charge is 0.0843 e. The lowest BCUT2D eigenvalue weighted by Crippen LogP contribution is -1.90. The van der Waals surface area contributed by atoms with E-state index in [0.717, 1.165) is 17.9 Å². The maximum absolute atomic E-state index is 5.86. The summed E-state index contributed by atoms with van der Waals surface area (Å²) >= 11 is 5.86. The van der Waals surface area contributed by atoms with Gasteiger partial charge in [0.2, 0.25) is 0 Å². The number of rotatable bonds is 4. The molecule has 0 spiro atoms. The lowest BCUT2D eigenvalue weighted by molar-refractivity contribution is 0.820. The Hall–Kier alpha value is -1.27. The van der Waals surface area contributed by atoms with E-state index in [-0.39, 0.29) is 0 Å². The predicted molar refractivity (Wildman–Crippen MR) is 74.7 cm³/mol. The Morgan fingerprint density at radius 3 is 1.76 bits per heavy atom. The normalized spacial score (nSPS) is 10.5. The molecular formula is C16H17Cl. The first-order chi connectivity index (χ1) is 8.24. The van der Waals surface area contributed by atoms with Crippen molar-refractivity contribution in [2.45, 2.75) is 26.2 Å². The Kier molecular flexibility index (Phi) is 4.22. The Morgan fingerprint density at radius 1 is 0.765 bits per heavy atom. The first kappa shape index (κ1) is 12.2. The van der Waals surface area contributed by atoms with Crippen molar-refractivity contribution in [3.05, 3.63) is 70.2 Å². The van der Waals surface area contributed by atoms with Crippen LogP contribution in [0.25, 0.3) is 0 Å². The molecule has 0 unspecified atom stereocenters. The molecule has 0 atom stereocenters. The summed E-state index contributed by atoms with van der Waals surface area (Å²) in [7, 11) is 0. The fourth-order valence-electron chi connectivity index (χ4n) is 1.90. The second-order valence-electron chi connectivity index (χ2n) is 4.47. The number of benzene rings is 2. The van der Waals surface area contributed by atoms with Crippen molar-refractivity contribution in [3.63, 3.8) is 0 Å². The van der Waals surface area contributed by atoms with Crippen molar-refractivity contribution in [2.75, 3.05) is 0 Å². The molecule has 0 saturated heterocycles. The fraction of sp³-hybridized carbons (Fsp3) is 0.250. The summed E-state index contributed by atoms with van der Waals surface area (Å²) in [6.07, 6.45) is 3.44. The highest BCUT2D eigenvalue weighted by atomic mass is 35.5. The van der Waals surface area contributed by atoms with E-state index in [1.54, 1.807) is 0 Å². The highest BCUT2D eigenvalue weighted by molar-refractivity contribution is 6.30. The van der Waals surface area contributed by atoms with Crippen molar-refractivity contribution in [1.82, 2.24) is 0 Å². The van der Waals surface area contributed by atoms with E-state index in [9.17, 15) is 0 Å². The number of hydrogen-bond acceptors (Lipinski definition) is 0. The molecule has 2 aromatic rings. The molecule has 1 heteroatoms. The maximum Gasteiger partial charge on any atom is 0.0406 e. The molecule has 17 heavy (non-hydrogen) atoms. The molecule has 0 bridgehead atoms. The van der Waals surface area contributed by atoms with Crippen LogP contribution in [0.1, 0.15) is 23.1 Å². The van der Waals surface area contributed by atoms with Crippen LogP contribution in [0.3, 0.4) is 0 Å². The summed E-state index contributed by atoms with van der Waals surface area (Å²) in [6.45, 7) is 2.12. The van der Waals surface area contributed by atoms with Crippen LogP contribution in [0.2, 0.25) is 5.02 Å². The van der Waals surface area contributed by atoms with E-state index in [2.05, 4.69) is 43.3 Å². The van der Waals surface area contributed by atoms with Crippen molar-refractivity contribution in [3.8, 4) is 0 Å². The van der Waals surface area contributed by atoms with Gasteiger partial charge in [0.05, 0.1) is 0 Å². The average Bonchev–Trinajstić information content (AvgIpc) is 2.34. The van der Waals surface area contributed by atoms with Gasteiger partial charge in [-0.3, -0.25) is 0 Å². The van der Waals surface area contributed by atoms with Gasteiger partial charge in [-0.05, 0) is 49.4 Å². The molecule has 88 valence electrons. The van der Waals surface area contributed by atoms with Gasteiger partial charge in [-0.25, -0.2) is 0 Å². The second-order valence-corrected chi connectivity index (χ2v) is 4.90. The zero-order valence-electron chi connectivity index (χ0n) is 10.1. The van der Waals surface area contributed by atoms with Gasteiger partial charge in [0, 0.05) is 5.02 Å². The van der Waals surface area contributed by atoms with Gasteiger partial charge >= 0.3 is 0 Å². The molecule has 0 aliphatic rings. The molecule has 2 rings (SSSR count). The van der Waals surface area contributed by atoms with Gasteiger partial charge in [0.25, 0.3) is 0 Å². The Balaban J connectivity index is 1.83. The third kappa shape index (κ3) is 3.90. The molecular weight excluding hydrogens is 228 g/mol. The Bertz CT molecular complexity index is 408. The van der Waals surface area contributed by atoms with Crippen LogP contribution in [0.5, 0.6) is 0 Å². The van der Waals surface area contributed by atoms with E-state index in [1.807, 2.05) is 12.1 Å². The van der Waals surface area contributed by atoms with E-state index in [1.165, 1.54) is 23.1 Å². The smallest absolute Gasteiger partial charge is 0.0406 e. The van der Waals surface area contributed by atoms with Gasteiger partial charge in [0.1, 0.15) is 0 Å².